The molecule has 0 atom stereocenters. The van der Waals surface area contributed by atoms with E-state index < -0.39 is 5.97 Å². The molecule has 0 fully saturated rings. The third kappa shape index (κ3) is 3.83. The largest absolute Gasteiger partial charge is 0.465 e. The fraction of sp³-hybridized carbons (Fsp3) is 0.235. The van der Waals surface area contributed by atoms with E-state index in [9.17, 15) is 9.59 Å². The zero-order valence-electron chi connectivity index (χ0n) is 13.7. The summed E-state index contributed by atoms with van der Waals surface area (Å²) in [6, 6.07) is 7.24. The molecule has 2 heterocycles. The van der Waals surface area contributed by atoms with Crippen LogP contribution in [0.2, 0.25) is 5.02 Å². The van der Waals surface area contributed by atoms with Crippen LogP contribution in [0.15, 0.2) is 30.5 Å². The summed E-state index contributed by atoms with van der Waals surface area (Å²) in [6.45, 7) is 2.42. The highest BCUT2D eigenvalue weighted by Gasteiger charge is 2.18. The maximum Gasteiger partial charge on any atom is 0.349 e. The lowest BCUT2D eigenvalue weighted by Crippen LogP contribution is -2.14. The van der Waals surface area contributed by atoms with Crippen molar-refractivity contribution in [1.29, 1.82) is 0 Å². The van der Waals surface area contributed by atoms with Gasteiger partial charge in [-0.25, -0.2) is 4.79 Å². The van der Waals surface area contributed by atoms with Crippen molar-refractivity contribution in [2.45, 2.75) is 19.9 Å². The molecule has 0 saturated heterocycles. The van der Waals surface area contributed by atoms with E-state index in [0.29, 0.717) is 28.6 Å². The van der Waals surface area contributed by atoms with Crippen LogP contribution in [-0.4, -0.2) is 28.8 Å². The van der Waals surface area contributed by atoms with E-state index in [1.54, 1.807) is 22.9 Å². The fourth-order valence-electron chi connectivity index (χ4n) is 2.39. The zero-order valence-corrected chi connectivity index (χ0v) is 15.3. The number of carbonyl (C=O) groups excluding carboxylic acids is 2. The Morgan fingerprint density at radius 1 is 1.36 bits per heavy atom. The Morgan fingerprint density at radius 2 is 2.16 bits per heavy atom. The number of nitrogens with zero attached hydrogens (tertiary/aromatic N) is 2. The van der Waals surface area contributed by atoms with Crippen LogP contribution in [0, 0.1) is 6.92 Å². The summed E-state index contributed by atoms with van der Waals surface area (Å²) in [7, 11) is 1.32. The lowest BCUT2D eigenvalue weighted by molar-refractivity contribution is -0.116. The van der Waals surface area contributed by atoms with Crippen LogP contribution in [0.1, 0.15) is 21.8 Å². The zero-order chi connectivity index (χ0) is 18.0. The Balaban J connectivity index is 1.71. The summed E-state index contributed by atoms with van der Waals surface area (Å²) in [6.07, 6.45) is 2.16. The predicted molar refractivity (Wildman–Crippen MR) is 98.4 cm³/mol. The van der Waals surface area contributed by atoms with Crippen LogP contribution in [0.3, 0.4) is 0 Å². The average Bonchev–Trinajstić information content (AvgIpc) is 3.15. The van der Waals surface area contributed by atoms with Gasteiger partial charge >= 0.3 is 5.97 Å². The number of thiophene rings is 1. The number of carbonyl (C=O) groups is 2. The number of nitrogens with one attached hydrogen (secondary N) is 1. The minimum Gasteiger partial charge on any atom is -0.465 e. The van der Waals surface area contributed by atoms with Crippen LogP contribution < -0.4 is 5.32 Å². The molecule has 0 aliphatic heterocycles. The Kier molecular flexibility index (Phi) is 5.06. The number of halogens is 1. The molecule has 0 saturated carbocycles. The van der Waals surface area contributed by atoms with Crippen molar-refractivity contribution >= 4 is 50.6 Å². The molecule has 0 aliphatic rings. The molecule has 0 aliphatic carbocycles. The smallest absolute Gasteiger partial charge is 0.349 e. The quantitative estimate of drug-likeness (QED) is 0.685. The van der Waals surface area contributed by atoms with Crippen LogP contribution in [-0.2, 0) is 16.1 Å². The Bertz CT molecular complexity index is 948. The summed E-state index contributed by atoms with van der Waals surface area (Å²) in [5.41, 5.74) is 1.57. The average molecular weight is 378 g/mol. The minimum atomic E-state index is -0.466. The number of aromatic nitrogens is 2. The number of rotatable bonds is 5. The van der Waals surface area contributed by atoms with Gasteiger partial charge in [-0.2, -0.15) is 5.10 Å². The van der Waals surface area contributed by atoms with Crippen molar-refractivity contribution in [2.24, 2.45) is 0 Å². The number of methoxy groups -OCH3 is 1. The number of hydrogen-bond acceptors (Lipinski definition) is 5. The van der Waals surface area contributed by atoms with Crippen LogP contribution in [0.25, 0.3) is 10.1 Å². The van der Waals surface area contributed by atoms with Gasteiger partial charge in [-0.15, -0.1) is 11.3 Å². The van der Waals surface area contributed by atoms with Gasteiger partial charge < -0.3 is 10.1 Å². The van der Waals surface area contributed by atoms with E-state index in [0.717, 1.165) is 15.8 Å². The molecule has 130 valence electrons. The number of aryl methyl sites for hydroxylation is 2. The molecule has 0 radical (unpaired) electrons. The topological polar surface area (TPSA) is 73.2 Å². The maximum absolute atomic E-state index is 12.1. The van der Waals surface area contributed by atoms with Gasteiger partial charge in [0.05, 0.1) is 17.8 Å². The Labute approximate surface area is 153 Å². The van der Waals surface area contributed by atoms with Gasteiger partial charge in [0.25, 0.3) is 0 Å². The molecular formula is C17H16ClN3O3S. The van der Waals surface area contributed by atoms with Gasteiger partial charge in [0.2, 0.25) is 5.91 Å². The molecule has 2 aromatic heterocycles. The third-order valence-electron chi connectivity index (χ3n) is 3.63. The highest BCUT2D eigenvalue weighted by atomic mass is 35.5. The maximum atomic E-state index is 12.1. The number of benzene rings is 1. The molecule has 0 bridgehead atoms. The minimum absolute atomic E-state index is 0.108. The number of esters is 1. The van der Waals surface area contributed by atoms with E-state index in [1.165, 1.54) is 18.4 Å². The summed E-state index contributed by atoms with van der Waals surface area (Å²) in [4.78, 5) is 24.2. The number of hydrogen-bond donors (Lipinski definition) is 1. The molecule has 8 heteroatoms. The monoisotopic (exact) mass is 377 g/mol. The van der Waals surface area contributed by atoms with Crippen molar-refractivity contribution in [3.05, 3.63) is 46.1 Å². The van der Waals surface area contributed by atoms with Crippen molar-refractivity contribution in [2.75, 3.05) is 12.4 Å². The number of fused-ring (bicyclic) bond motifs is 1. The van der Waals surface area contributed by atoms with Gasteiger partial charge in [-0.3, -0.25) is 9.48 Å². The second-order valence-corrected chi connectivity index (χ2v) is 6.90. The molecule has 1 N–H and O–H groups in total. The lowest BCUT2D eigenvalue weighted by atomic mass is 10.2. The molecule has 3 rings (SSSR count). The van der Waals surface area contributed by atoms with E-state index in [1.807, 2.05) is 19.2 Å². The molecule has 0 spiro atoms. The van der Waals surface area contributed by atoms with Crippen molar-refractivity contribution in [1.82, 2.24) is 9.78 Å². The first-order chi connectivity index (χ1) is 12.0. The normalized spacial score (nSPS) is 10.8. The van der Waals surface area contributed by atoms with Crippen LogP contribution >= 0.6 is 22.9 Å². The molecule has 25 heavy (non-hydrogen) atoms. The first-order valence-corrected chi connectivity index (χ1v) is 8.77. The van der Waals surface area contributed by atoms with E-state index in [-0.39, 0.29) is 5.91 Å². The van der Waals surface area contributed by atoms with E-state index >= 15 is 0 Å². The van der Waals surface area contributed by atoms with Crippen molar-refractivity contribution in [3.63, 3.8) is 0 Å². The molecular weight excluding hydrogens is 362 g/mol. The number of ether oxygens (including phenoxy) is 1. The molecule has 6 nitrogen and oxygen atoms in total. The molecule has 0 unspecified atom stereocenters. The summed E-state index contributed by atoms with van der Waals surface area (Å²) >= 11 is 7.46. The predicted octanol–water partition coefficient (Wildman–Crippen LogP) is 3.88. The van der Waals surface area contributed by atoms with E-state index in [4.69, 9.17) is 16.3 Å². The Hall–Kier alpha value is -2.38. The third-order valence-corrected chi connectivity index (χ3v) is 5.26. The van der Waals surface area contributed by atoms with Gasteiger partial charge in [0, 0.05) is 34.9 Å². The van der Waals surface area contributed by atoms with Gasteiger partial charge in [-0.05, 0) is 31.2 Å². The first-order valence-electron chi connectivity index (χ1n) is 7.58. The fourth-order valence-corrected chi connectivity index (χ4v) is 3.86. The van der Waals surface area contributed by atoms with Crippen LogP contribution in [0.4, 0.5) is 5.69 Å². The van der Waals surface area contributed by atoms with Gasteiger partial charge in [-0.1, -0.05) is 11.6 Å². The van der Waals surface area contributed by atoms with E-state index in [2.05, 4.69) is 10.4 Å². The molecule has 1 aromatic carbocycles. The van der Waals surface area contributed by atoms with Crippen molar-refractivity contribution in [3.8, 4) is 0 Å². The second kappa shape index (κ2) is 7.25. The SMILES string of the molecule is COC(=O)c1sc2cc(NC(=O)CCn3ccc(C)n3)ccc2c1Cl. The summed E-state index contributed by atoms with van der Waals surface area (Å²) < 4.78 is 7.27. The Morgan fingerprint density at radius 3 is 2.84 bits per heavy atom. The number of anilines is 1. The van der Waals surface area contributed by atoms with Gasteiger partial charge in [0.15, 0.2) is 0 Å². The first kappa shape index (κ1) is 17.4. The van der Waals surface area contributed by atoms with Crippen molar-refractivity contribution < 1.29 is 14.3 Å². The highest BCUT2D eigenvalue weighted by molar-refractivity contribution is 7.21. The highest BCUT2D eigenvalue weighted by Crippen LogP contribution is 2.37. The standard InChI is InChI=1S/C17H16ClN3O3S/c1-10-5-7-21(20-10)8-6-14(22)19-11-3-4-12-13(9-11)25-16(15(12)18)17(23)24-2/h3-5,7,9H,6,8H2,1-2H3,(H,19,22). The van der Waals surface area contributed by atoms with Gasteiger partial charge in [0.1, 0.15) is 4.88 Å². The molecule has 1 amide bonds. The molecule has 3 aromatic rings. The number of amides is 1. The second-order valence-electron chi connectivity index (χ2n) is 5.47. The summed E-state index contributed by atoms with van der Waals surface area (Å²) in [5, 5.41) is 8.23. The summed E-state index contributed by atoms with van der Waals surface area (Å²) in [5.74, 6) is -0.574. The lowest BCUT2D eigenvalue weighted by Gasteiger charge is -2.05. The van der Waals surface area contributed by atoms with Crippen LogP contribution in [0.5, 0.6) is 0 Å².